The van der Waals surface area contributed by atoms with Gasteiger partial charge in [0, 0.05) is 6.20 Å². The monoisotopic (exact) mass is 459 g/mol. The van der Waals surface area contributed by atoms with E-state index >= 15 is 0 Å². The highest BCUT2D eigenvalue weighted by Crippen LogP contribution is 2.30. The number of halogens is 3. The molecule has 2 aromatic carbocycles. The molecule has 0 saturated heterocycles. The highest BCUT2D eigenvalue weighted by Gasteiger charge is 2.30. The number of aromatic carboxylic acids is 1. The number of carboxylic acid groups (broad SMARTS) is 1. The van der Waals surface area contributed by atoms with Crippen molar-refractivity contribution in [3.8, 4) is 11.5 Å². The molecule has 0 atom stereocenters. The topological polar surface area (TPSA) is 93.0 Å². The first-order valence-corrected chi connectivity index (χ1v) is 9.80. The van der Waals surface area contributed by atoms with Gasteiger partial charge in [-0.2, -0.15) is 18.3 Å². The lowest BCUT2D eigenvalue weighted by Crippen LogP contribution is -2.05. The number of alkyl halides is 3. The zero-order valence-electron chi connectivity index (χ0n) is 17.5. The molecule has 0 bridgehead atoms. The van der Waals surface area contributed by atoms with Gasteiger partial charge in [-0.1, -0.05) is 12.1 Å². The van der Waals surface area contributed by atoms with E-state index in [1.54, 1.807) is 30.3 Å². The van der Waals surface area contributed by atoms with Gasteiger partial charge in [-0.15, -0.1) is 0 Å². The van der Waals surface area contributed by atoms with Crippen LogP contribution in [0.25, 0.3) is 0 Å². The first-order valence-electron chi connectivity index (χ1n) is 9.80. The third kappa shape index (κ3) is 6.70. The van der Waals surface area contributed by atoms with Crippen molar-refractivity contribution in [1.29, 1.82) is 0 Å². The van der Waals surface area contributed by atoms with Crippen LogP contribution in [-0.2, 0) is 12.8 Å². The summed E-state index contributed by atoms with van der Waals surface area (Å²) in [4.78, 5) is 14.6. The van der Waals surface area contributed by atoms with Crippen LogP contribution < -0.4 is 14.9 Å². The van der Waals surface area contributed by atoms with Crippen LogP contribution in [0.4, 0.5) is 19.0 Å². The Morgan fingerprint density at radius 3 is 2.45 bits per heavy atom. The molecule has 0 fully saturated rings. The van der Waals surface area contributed by atoms with E-state index in [4.69, 9.17) is 14.6 Å². The van der Waals surface area contributed by atoms with Crippen molar-refractivity contribution in [2.45, 2.75) is 19.7 Å². The second-order valence-electron chi connectivity index (χ2n) is 6.73. The van der Waals surface area contributed by atoms with E-state index in [0.717, 1.165) is 17.8 Å². The van der Waals surface area contributed by atoms with Crippen molar-refractivity contribution >= 4 is 18.0 Å². The number of nitrogens with zero attached hydrogens (tertiary/aromatic N) is 2. The zero-order valence-corrected chi connectivity index (χ0v) is 17.5. The predicted octanol–water partition coefficient (Wildman–Crippen LogP) is 5.22. The number of benzene rings is 2. The van der Waals surface area contributed by atoms with Gasteiger partial charge in [-0.25, -0.2) is 9.78 Å². The number of pyridine rings is 1. The van der Waals surface area contributed by atoms with Gasteiger partial charge in [0.15, 0.2) is 11.5 Å². The van der Waals surface area contributed by atoms with Crippen LogP contribution in [-0.4, -0.2) is 28.9 Å². The molecule has 33 heavy (non-hydrogen) atoms. The molecule has 172 valence electrons. The molecule has 10 heteroatoms. The summed E-state index contributed by atoms with van der Waals surface area (Å²) >= 11 is 0. The Morgan fingerprint density at radius 2 is 1.85 bits per heavy atom. The maximum absolute atomic E-state index is 12.6. The average Bonchev–Trinajstić information content (AvgIpc) is 2.79. The fourth-order valence-electron chi connectivity index (χ4n) is 2.70. The van der Waals surface area contributed by atoms with Gasteiger partial charge in [0.25, 0.3) is 0 Å². The molecule has 0 amide bonds. The molecule has 0 spiro atoms. The van der Waals surface area contributed by atoms with Gasteiger partial charge >= 0.3 is 12.1 Å². The second-order valence-corrected chi connectivity index (χ2v) is 6.73. The van der Waals surface area contributed by atoms with Gasteiger partial charge in [-0.05, 0) is 60.5 Å². The predicted molar refractivity (Wildman–Crippen MR) is 116 cm³/mol. The Labute approximate surface area is 187 Å². The third-order valence-corrected chi connectivity index (χ3v) is 4.35. The van der Waals surface area contributed by atoms with E-state index in [1.165, 1.54) is 24.4 Å². The molecule has 0 unspecified atom stereocenters. The lowest BCUT2D eigenvalue weighted by atomic mass is 10.1. The van der Waals surface area contributed by atoms with E-state index in [0.29, 0.717) is 23.7 Å². The van der Waals surface area contributed by atoms with Crippen LogP contribution in [0.1, 0.15) is 34.0 Å². The number of ether oxygens (including phenoxy) is 2. The van der Waals surface area contributed by atoms with Crippen LogP contribution in [0, 0.1) is 0 Å². The lowest BCUT2D eigenvalue weighted by molar-refractivity contribution is -0.137. The summed E-state index contributed by atoms with van der Waals surface area (Å²) in [5.41, 5.74) is 3.38. The number of hydrogen-bond acceptors (Lipinski definition) is 6. The number of rotatable bonds is 9. The quantitative estimate of drug-likeness (QED) is 0.337. The standard InChI is InChI=1S/C23H20F3N3O4/c1-2-32-20-11-16(12-28-29-21-10-8-18(13-27-21)23(24,25)26)5-9-19(20)33-14-15-3-6-17(7-4-15)22(30)31/h3-13H,2,14H2,1H3,(H,27,29)(H,30,31)/b28-12-. The molecule has 0 aliphatic heterocycles. The number of aromatic nitrogens is 1. The number of hydrogen-bond donors (Lipinski definition) is 2. The van der Waals surface area contributed by atoms with Gasteiger partial charge in [-0.3, -0.25) is 5.43 Å². The fourth-order valence-corrected chi connectivity index (χ4v) is 2.70. The van der Waals surface area contributed by atoms with Crippen LogP contribution in [0.3, 0.4) is 0 Å². The number of hydrazone groups is 1. The minimum atomic E-state index is -4.45. The molecule has 0 saturated carbocycles. The maximum Gasteiger partial charge on any atom is 0.417 e. The van der Waals surface area contributed by atoms with Crippen LogP contribution in [0.5, 0.6) is 11.5 Å². The second kappa shape index (κ2) is 10.5. The molecule has 0 radical (unpaired) electrons. The lowest BCUT2D eigenvalue weighted by Gasteiger charge is -2.13. The molecule has 7 nitrogen and oxygen atoms in total. The van der Waals surface area contributed by atoms with E-state index in [9.17, 15) is 18.0 Å². The highest BCUT2D eigenvalue weighted by molar-refractivity contribution is 5.87. The van der Waals surface area contributed by atoms with Gasteiger partial charge in [0.1, 0.15) is 12.4 Å². The summed E-state index contributed by atoms with van der Waals surface area (Å²) in [5.74, 6) is 0.144. The minimum absolute atomic E-state index is 0.165. The third-order valence-electron chi connectivity index (χ3n) is 4.35. The van der Waals surface area contributed by atoms with Crippen molar-refractivity contribution in [2.24, 2.45) is 5.10 Å². The number of carbonyl (C=O) groups is 1. The Hall–Kier alpha value is -4.08. The SMILES string of the molecule is CCOc1cc(/C=N\Nc2ccc(C(F)(F)F)cn2)ccc1OCc1ccc(C(=O)O)cc1. The summed E-state index contributed by atoms with van der Waals surface area (Å²) in [6.45, 7) is 2.44. The smallest absolute Gasteiger partial charge is 0.417 e. The van der Waals surface area contributed by atoms with Gasteiger partial charge < -0.3 is 14.6 Å². The van der Waals surface area contributed by atoms with Crippen molar-refractivity contribution in [3.05, 3.63) is 83.0 Å². The average molecular weight is 459 g/mol. The van der Waals surface area contributed by atoms with Gasteiger partial charge in [0.2, 0.25) is 0 Å². The van der Waals surface area contributed by atoms with E-state index in [-0.39, 0.29) is 18.0 Å². The Morgan fingerprint density at radius 1 is 1.09 bits per heavy atom. The molecule has 3 rings (SSSR count). The van der Waals surface area contributed by atoms with Crippen LogP contribution >= 0.6 is 0 Å². The molecular formula is C23H20F3N3O4. The summed E-state index contributed by atoms with van der Waals surface area (Å²) in [6, 6.07) is 13.6. The van der Waals surface area contributed by atoms with E-state index < -0.39 is 17.7 Å². The van der Waals surface area contributed by atoms with E-state index in [2.05, 4.69) is 15.5 Å². The summed E-state index contributed by atoms with van der Waals surface area (Å²) in [5, 5.41) is 13.0. The first kappa shape index (κ1) is 23.6. The number of nitrogens with one attached hydrogen (secondary N) is 1. The van der Waals surface area contributed by atoms with Crippen molar-refractivity contribution in [1.82, 2.24) is 4.98 Å². The van der Waals surface area contributed by atoms with E-state index in [1.807, 2.05) is 6.92 Å². The van der Waals surface area contributed by atoms with Crippen molar-refractivity contribution in [3.63, 3.8) is 0 Å². The molecular weight excluding hydrogens is 439 g/mol. The first-order chi connectivity index (χ1) is 15.8. The summed E-state index contributed by atoms with van der Waals surface area (Å²) in [6.07, 6.45) is -2.25. The zero-order chi connectivity index (χ0) is 23.8. The maximum atomic E-state index is 12.6. The molecule has 0 aliphatic rings. The minimum Gasteiger partial charge on any atom is -0.490 e. The fraction of sp³-hybridized carbons (Fsp3) is 0.174. The summed E-state index contributed by atoms with van der Waals surface area (Å²) in [7, 11) is 0. The molecule has 0 aliphatic carbocycles. The number of carboxylic acids is 1. The van der Waals surface area contributed by atoms with Crippen molar-refractivity contribution in [2.75, 3.05) is 12.0 Å². The molecule has 3 aromatic rings. The van der Waals surface area contributed by atoms with Crippen LogP contribution in [0.2, 0.25) is 0 Å². The normalized spacial score (nSPS) is 11.4. The Bertz CT molecular complexity index is 1120. The largest absolute Gasteiger partial charge is 0.490 e. The van der Waals surface area contributed by atoms with Gasteiger partial charge in [0.05, 0.1) is 23.9 Å². The Balaban J connectivity index is 1.64. The number of anilines is 1. The summed E-state index contributed by atoms with van der Waals surface area (Å²) < 4.78 is 49.2. The molecule has 2 N–H and O–H groups in total. The molecule has 1 heterocycles. The molecule has 1 aromatic heterocycles. The van der Waals surface area contributed by atoms with Crippen LogP contribution in [0.15, 0.2) is 65.9 Å². The van der Waals surface area contributed by atoms with Crippen molar-refractivity contribution < 1.29 is 32.5 Å². The highest BCUT2D eigenvalue weighted by atomic mass is 19.4. The Kier molecular flexibility index (Phi) is 7.50.